The average Bonchev–Trinajstić information content (AvgIpc) is 2.28. The Morgan fingerprint density at radius 1 is 1.45 bits per heavy atom. The summed E-state index contributed by atoms with van der Waals surface area (Å²) in [5, 5.41) is 9.94. The Balaban J connectivity index is 1.78. The number of carbonyl (C=O) groups is 1. The van der Waals surface area contributed by atoms with Crippen LogP contribution in [0.2, 0.25) is 5.02 Å². The number of likely N-dealkylation sites (tertiary alicyclic amines) is 1. The van der Waals surface area contributed by atoms with E-state index >= 15 is 0 Å². The van der Waals surface area contributed by atoms with Gasteiger partial charge in [0.05, 0.1) is 10.4 Å². The number of rotatable bonds is 4. The second-order valence-electron chi connectivity index (χ2n) is 5.85. The van der Waals surface area contributed by atoms with Gasteiger partial charge in [-0.15, -0.1) is 0 Å². The molecule has 1 N–H and O–H groups in total. The smallest absolute Gasteiger partial charge is 0.314 e. The van der Waals surface area contributed by atoms with Gasteiger partial charge in [-0.3, -0.25) is 9.69 Å². The first-order valence-corrected chi connectivity index (χ1v) is 7.28. The molecule has 0 unspecified atom stereocenters. The van der Waals surface area contributed by atoms with Gasteiger partial charge in [0.25, 0.3) is 0 Å². The van der Waals surface area contributed by atoms with Gasteiger partial charge >= 0.3 is 5.97 Å². The number of hydrogen-bond donors (Lipinski definition) is 1. The Labute approximate surface area is 123 Å². The molecule has 1 heterocycles. The highest BCUT2D eigenvalue weighted by molar-refractivity contribution is 6.32. The van der Waals surface area contributed by atoms with Gasteiger partial charge in [0.2, 0.25) is 0 Å². The molecular formula is C15H18ClNO3. The van der Waals surface area contributed by atoms with Crippen molar-refractivity contribution in [2.75, 3.05) is 20.1 Å². The molecule has 1 aromatic carbocycles. The lowest BCUT2D eigenvalue weighted by Gasteiger charge is -2.39. The summed E-state index contributed by atoms with van der Waals surface area (Å²) in [6.07, 6.45) is 2.51. The molecule has 5 heteroatoms. The monoisotopic (exact) mass is 295 g/mol. The summed E-state index contributed by atoms with van der Waals surface area (Å²) in [5.74, 6) is -0.109. The zero-order valence-electron chi connectivity index (χ0n) is 11.4. The summed E-state index contributed by atoms with van der Waals surface area (Å²) < 4.78 is 5.81. The summed E-state index contributed by atoms with van der Waals surface area (Å²) in [7, 11) is 2.04. The zero-order valence-corrected chi connectivity index (χ0v) is 12.2. The SMILES string of the molecule is CN1CC(Oc2ccc(C3(C(=O)O)CCC3)cc2Cl)C1. The van der Waals surface area contributed by atoms with Crippen molar-refractivity contribution in [3.8, 4) is 5.75 Å². The predicted octanol–water partition coefficient (Wildman–Crippen LogP) is 2.54. The van der Waals surface area contributed by atoms with Gasteiger partial charge < -0.3 is 9.84 Å². The first-order chi connectivity index (χ1) is 9.51. The van der Waals surface area contributed by atoms with Crippen molar-refractivity contribution >= 4 is 17.6 Å². The first kappa shape index (κ1) is 13.7. The quantitative estimate of drug-likeness (QED) is 0.927. The third kappa shape index (κ3) is 2.17. The van der Waals surface area contributed by atoms with Gasteiger partial charge in [0.1, 0.15) is 11.9 Å². The van der Waals surface area contributed by atoms with Gasteiger partial charge in [-0.2, -0.15) is 0 Å². The lowest BCUT2D eigenvalue weighted by atomic mass is 9.64. The van der Waals surface area contributed by atoms with Gasteiger partial charge in [0.15, 0.2) is 0 Å². The van der Waals surface area contributed by atoms with Crippen LogP contribution in [0.4, 0.5) is 0 Å². The van der Waals surface area contributed by atoms with Gasteiger partial charge in [-0.25, -0.2) is 0 Å². The Hall–Kier alpha value is -1.26. The van der Waals surface area contributed by atoms with E-state index in [-0.39, 0.29) is 6.10 Å². The van der Waals surface area contributed by atoms with Crippen molar-refractivity contribution in [2.45, 2.75) is 30.8 Å². The molecule has 0 aromatic heterocycles. The third-order valence-corrected chi connectivity index (χ3v) is 4.72. The minimum Gasteiger partial charge on any atom is -0.486 e. The van der Waals surface area contributed by atoms with Crippen molar-refractivity contribution in [1.82, 2.24) is 4.90 Å². The van der Waals surface area contributed by atoms with E-state index in [0.717, 1.165) is 25.1 Å². The fraction of sp³-hybridized carbons (Fsp3) is 0.533. The molecule has 2 fully saturated rings. The Morgan fingerprint density at radius 3 is 2.60 bits per heavy atom. The maximum Gasteiger partial charge on any atom is 0.314 e. The Kier molecular flexibility index (Phi) is 3.38. The second-order valence-corrected chi connectivity index (χ2v) is 6.25. The maximum absolute atomic E-state index is 11.5. The molecule has 0 bridgehead atoms. The molecule has 2 aliphatic rings. The molecule has 1 aromatic rings. The summed E-state index contributed by atoms with van der Waals surface area (Å²) >= 11 is 6.25. The van der Waals surface area contributed by atoms with Gasteiger partial charge in [-0.1, -0.05) is 24.1 Å². The zero-order chi connectivity index (χ0) is 14.3. The van der Waals surface area contributed by atoms with E-state index in [4.69, 9.17) is 16.3 Å². The van der Waals surface area contributed by atoms with Crippen LogP contribution in [0.1, 0.15) is 24.8 Å². The van der Waals surface area contributed by atoms with E-state index < -0.39 is 11.4 Å². The third-order valence-electron chi connectivity index (χ3n) is 4.43. The van der Waals surface area contributed by atoms with Crippen LogP contribution in [0.3, 0.4) is 0 Å². The summed E-state index contributed by atoms with van der Waals surface area (Å²) in [6.45, 7) is 1.80. The highest BCUT2D eigenvalue weighted by Crippen LogP contribution is 2.45. The minimum absolute atomic E-state index is 0.181. The topological polar surface area (TPSA) is 49.8 Å². The predicted molar refractivity (Wildman–Crippen MR) is 76.5 cm³/mol. The lowest BCUT2D eigenvalue weighted by Crippen LogP contribution is -2.51. The maximum atomic E-state index is 11.5. The highest BCUT2D eigenvalue weighted by atomic mass is 35.5. The molecule has 1 saturated carbocycles. The molecular weight excluding hydrogens is 278 g/mol. The Bertz CT molecular complexity index is 536. The van der Waals surface area contributed by atoms with Crippen molar-refractivity contribution < 1.29 is 14.6 Å². The largest absolute Gasteiger partial charge is 0.486 e. The fourth-order valence-corrected chi connectivity index (χ4v) is 3.17. The Morgan fingerprint density at radius 2 is 2.15 bits per heavy atom. The molecule has 0 spiro atoms. The number of ether oxygens (including phenoxy) is 1. The van der Waals surface area contributed by atoms with Crippen LogP contribution in [0.25, 0.3) is 0 Å². The molecule has 1 aliphatic carbocycles. The van der Waals surface area contributed by atoms with Crippen LogP contribution >= 0.6 is 11.6 Å². The normalized spacial score (nSPS) is 21.9. The number of carboxylic acid groups (broad SMARTS) is 1. The molecule has 1 saturated heterocycles. The number of nitrogens with zero attached hydrogens (tertiary/aromatic N) is 1. The van der Waals surface area contributed by atoms with Gasteiger partial charge in [0, 0.05) is 13.1 Å². The summed E-state index contributed by atoms with van der Waals surface area (Å²) in [5.41, 5.74) is 0.0538. The molecule has 0 atom stereocenters. The second kappa shape index (κ2) is 4.93. The number of halogens is 1. The van der Waals surface area contributed by atoms with Crippen LogP contribution < -0.4 is 4.74 Å². The summed E-state index contributed by atoms with van der Waals surface area (Å²) in [4.78, 5) is 13.7. The van der Waals surface area contributed by atoms with E-state index in [1.54, 1.807) is 12.1 Å². The van der Waals surface area contributed by atoms with E-state index in [1.807, 2.05) is 13.1 Å². The van der Waals surface area contributed by atoms with E-state index in [2.05, 4.69) is 4.90 Å². The van der Waals surface area contributed by atoms with E-state index in [1.165, 1.54) is 0 Å². The van der Waals surface area contributed by atoms with Crippen LogP contribution in [-0.2, 0) is 10.2 Å². The van der Waals surface area contributed by atoms with Crippen molar-refractivity contribution in [3.05, 3.63) is 28.8 Å². The molecule has 0 radical (unpaired) electrons. The van der Waals surface area contributed by atoms with Crippen molar-refractivity contribution in [1.29, 1.82) is 0 Å². The molecule has 0 amide bonds. The van der Waals surface area contributed by atoms with Crippen molar-refractivity contribution in [3.63, 3.8) is 0 Å². The minimum atomic E-state index is -0.755. The fourth-order valence-electron chi connectivity index (χ4n) is 2.95. The first-order valence-electron chi connectivity index (χ1n) is 6.90. The van der Waals surface area contributed by atoms with E-state index in [9.17, 15) is 9.90 Å². The molecule has 1 aliphatic heterocycles. The van der Waals surface area contributed by atoms with Crippen LogP contribution in [-0.4, -0.2) is 42.2 Å². The summed E-state index contributed by atoms with van der Waals surface area (Å²) in [6, 6.07) is 5.41. The number of benzene rings is 1. The molecule has 108 valence electrons. The standard InChI is InChI=1S/C15H18ClNO3/c1-17-8-11(9-17)20-13-4-3-10(7-12(13)16)15(14(18)19)5-2-6-15/h3-4,7,11H,2,5-6,8-9H2,1H3,(H,18,19). The number of likely N-dealkylation sites (N-methyl/N-ethyl adjacent to an activating group) is 1. The van der Waals surface area contributed by atoms with Crippen molar-refractivity contribution in [2.24, 2.45) is 0 Å². The molecule has 4 nitrogen and oxygen atoms in total. The van der Waals surface area contributed by atoms with Crippen LogP contribution in [0.15, 0.2) is 18.2 Å². The lowest BCUT2D eigenvalue weighted by molar-refractivity contribution is -0.147. The molecule has 20 heavy (non-hydrogen) atoms. The van der Waals surface area contributed by atoms with E-state index in [0.29, 0.717) is 23.6 Å². The molecule has 3 rings (SSSR count). The highest BCUT2D eigenvalue weighted by Gasteiger charge is 2.46. The number of aliphatic carboxylic acids is 1. The van der Waals surface area contributed by atoms with Crippen LogP contribution in [0, 0.1) is 0 Å². The number of carboxylic acids is 1. The number of hydrogen-bond acceptors (Lipinski definition) is 3. The van der Waals surface area contributed by atoms with Gasteiger partial charge in [-0.05, 0) is 37.6 Å². The van der Waals surface area contributed by atoms with Crippen LogP contribution in [0.5, 0.6) is 5.75 Å². The average molecular weight is 296 g/mol.